The maximum absolute atomic E-state index is 12.8. The summed E-state index contributed by atoms with van der Waals surface area (Å²) in [7, 11) is 2.64. The van der Waals surface area contributed by atoms with Gasteiger partial charge < -0.3 is 33.6 Å². The monoisotopic (exact) mass is 358 g/mol. The largest absolute Gasteiger partial charge is 0.507 e. The number of phenols is 2. The molecule has 1 aliphatic heterocycles. The smallest absolute Gasteiger partial charge is 0.239 e. The number of hydrogen-bond acceptors (Lipinski definition) is 8. The van der Waals surface area contributed by atoms with E-state index >= 15 is 0 Å². The fourth-order valence-electron chi connectivity index (χ4n) is 2.91. The second-order valence-corrected chi connectivity index (χ2v) is 5.51. The summed E-state index contributed by atoms with van der Waals surface area (Å²) in [5.74, 6) is 0.206. The number of rotatable bonds is 3. The third-order valence-electron chi connectivity index (χ3n) is 4.08. The van der Waals surface area contributed by atoms with E-state index in [1.807, 2.05) is 0 Å². The zero-order chi connectivity index (χ0) is 18.4. The minimum absolute atomic E-state index is 0.0699. The summed E-state index contributed by atoms with van der Waals surface area (Å²) < 4.78 is 26.8. The van der Waals surface area contributed by atoms with E-state index in [4.69, 9.17) is 23.4 Å². The van der Waals surface area contributed by atoms with Crippen molar-refractivity contribution in [3.05, 3.63) is 34.5 Å². The normalized spacial score (nSPS) is 12.4. The van der Waals surface area contributed by atoms with Crippen LogP contribution in [0.3, 0.4) is 0 Å². The Morgan fingerprint density at radius 3 is 2.42 bits per heavy atom. The van der Waals surface area contributed by atoms with Crippen LogP contribution in [0.25, 0.3) is 22.3 Å². The molecule has 0 unspecified atom stereocenters. The molecule has 0 saturated heterocycles. The van der Waals surface area contributed by atoms with Gasteiger partial charge in [0.15, 0.2) is 28.6 Å². The first-order valence-electron chi connectivity index (χ1n) is 7.59. The summed E-state index contributed by atoms with van der Waals surface area (Å²) in [5.41, 5.74) is -0.198. The van der Waals surface area contributed by atoms with E-state index in [-0.39, 0.29) is 40.8 Å². The van der Waals surface area contributed by atoms with E-state index in [0.29, 0.717) is 17.1 Å². The van der Waals surface area contributed by atoms with Gasteiger partial charge >= 0.3 is 0 Å². The predicted octanol–water partition coefficient (Wildman–Crippen LogP) is 2.62. The van der Waals surface area contributed by atoms with Crippen LogP contribution >= 0.6 is 0 Å². The Labute approximate surface area is 146 Å². The van der Waals surface area contributed by atoms with Gasteiger partial charge in [-0.1, -0.05) is 0 Å². The first-order valence-corrected chi connectivity index (χ1v) is 7.59. The van der Waals surface area contributed by atoms with Gasteiger partial charge in [0.1, 0.15) is 11.1 Å². The van der Waals surface area contributed by atoms with Crippen molar-refractivity contribution in [2.45, 2.75) is 0 Å². The minimum atomic E-state index is -0.600. The van der Waals surface area contributed by atoms with Gasteiger partial charge in [0.05, 0.1) is 14.2 Å². The summed E-state index contributed by atoms with van der Waals surface area (Å²) in [6.07, 6.45) is 0. The number of fused-ring (bicyclic) bond motifs is 2. The van der Waals surface area contributed by atoms with Crippen LogP contribution in [0.15, 0.2) is 33.5 Å². The van der Waals surface area contributed by atoms with Crippen molar-refractivity contribution in [3.63, 3.8) is 0 Å². The molecular formula is C18H14O8. The quantitative estimate of drug-likeness (QED) is 0.736. The molecule has 0 bridgehead atoms. The molecule has 0 spiro atoms. The summed E-state index contributed by atoms with van der Waals surface area (Å²) in [5, 5.41) is 19.9. The molecule has 0 amide bonds. The van der Waals surface area contributed by atoms with Crippen molar-refractivity contribution in [1.29, 1.82) is 0 Å². The van der Waals surface area contributed by atoms with Crippen LogP contribution in [0.1, 0.15) is 0 Å². The molecule has 0 aliphatic carbocycles. The van der Waals surface area contributed by atoms with Crippen molar-refractivity contribution in [1.82, 2.24) is 0 Å². The highest BCUT2D eigenvalue weighted by Gasteiger charge is 2.25. The van der Waals surface area contributed by atoms with Crippen molar-refractivity contribution in [2.75, 3.05) is 21.0 Å². The van der Waals surface area contributed by atoms with Gasteiger partial charge in [-0.15, -0.1) is 0 Å². The highest BCUT2D eigenvalue weighted by atomic mass is 16.7. The number of phenolic OH excluding ortho intramolecular Hbond substituents is 2. The first-order chi connectivity index (χ1) is 12.5. The molecule has 0 saturated carbocycles. The predicted molar refractivity (Wildman–Crippen MR) is 90.5 cm³/mol. The standard InChI is InChI=1S/C18H14O8/c1-22-16-10(20)6-9(19)13-14(21)18(23-2)15(26-17(13)16)8-3-4-11-12(5-8)25-7-24-11/h3-6,19-20H,7H2,1-2H3. The van der Waals surface area contributed by atoms with Gasteiger partial charge in [0.25, 0.3) is 0 Å². The highest BCUT2D eigenvalue weighted by Crippen LogP contribution is 2.44. The van der Waals surface area contributed by atoms with Crippen LogP contribution < -0.4 is 24.4 Å². The van der Waals surface area contributed by atoms with Crippen molar-refractivity contribution in [2.24, 2.45) is 0 Å². The molecule has 8 heteroatoms. The van der Waals surface area contributed by atoms with Crippen molar-refractivity contribution < 1.29 is 33.6 Å². The van der Waals surface area contributed by atoms with Gasteiger partial charge in [-0.05, 0) is 18.2 Å². The molecule has 4 rings (SSSR count). The molecule has 134 valence electrons. The van der Waals surface area contributed by atoms with Crippen LogP contribution in [-0.2, 0) is 0 Å². The third kappa shape index (κ3) is 2.19. The van der Waals surface area contributed by atoms with E-state index in [9.17, 15) is 15.0 Å². The summed E-state index contributed by atoms with van der Waals surface area (Å²) in [6.45, 7) is 0.104. The van der Waals surface area contributed by atoms with E-state index < -0.39 is 11.2 Å². The highest BCUT2D eigenvalue weighted by molar-refractivity contribution is 5.93. The Kier molecular flexibility index (Phi) is 3.54. The molecule has 0 radical (unpaired) electrons. The van der Waals surface area contributed by atoms with E-state index in [2.05, 4.69) is 0 Å². The maximum atomic E-state index is 12.8. The van der Waals surface area contributed by atoms with Crippen molar-refractivity contribution in [3.8, 4) is 45.8 Å². The fourth-order valence-corrected chi connectivity index (χ4v) is 2.91. The molecule has 26 heavy (non-hydrogen) atoms. The number of hydrogen-bond donors (Lipinski definition) is 2. The van der Waals surface area contributed by atoms with Crippen LogP contribution in [0, 0.1) is 0 Å². The molecule has 2 N–H and O–H groups in total. The average molecular weight is 358 g/mol. The second-order valence-electron chi connectivity index (χ2n) is 5.51. The summed E-state index contributed by atoms with van der Waals surface area (Å²) in [6, 6.07) is 6.01. The molecule has 2 heterocycles. The Morgan fingerprint density at radius 1 is 0.962 bits per heavy atom. The Balaban J connectivity index is 2.08. The van der Waals surface area contributed by atoms with Crippen molar-refractivity contribution >= 4 is 11.0 Å². The van der Waals surface area contributed by atoms with Gasteiger partial charge in [-0.3, -0.25) is 4.79 Å². The lowest BCUT2D eigenvalue weighted by Gasteiger charge is -2.13. The van der Waals surface area contributed by atoms with Gasteiger partial charge in [0.2, 0.25) is 23.7 Å². The molecule has 1 aromatic heterocycles. The Morgan fingerprint density at radius 2 is 1.69 bits per heavy atom. The van der Waals surface area contributed by atoms with Gasteiger partial charge in [-0.2, -0.15) is 0 Å². The minimum Gasteiger partial charge on any atom is -0.507 e. The first kappa shape index (κ1) is 15.9. The van der Waals surface area contributed by atoms with Gasteiger partial charge in [0, 0.05) is 11.6 Å². The lowest BCUT2D eigenvalue weighted by molar-refractivity contribution is 0.174. The third-order valence-corrected chi connectivity index (χ3v) is 4.08. The number of benzene rings is 2. The van der Waals surface area contributed by atoms with Crippen LogP contribution in [0.2, 0.25) is 0 Å². The molecule has 0 fully saturated rings. The van der Waals surface area contributed by atoms with E-state index in [1.165, 1.54) is 14.2 Å². The molecule has 8 nitrogen and oxygen atoms in total. The lowest BCUT2D eigenvalue weighted by atomic mass is 10.1. The lowest BCUT2D eigenvalue weighted by Crippen LogP contribution is -2.08. The second kappa shape index (κ2) is 5.76. The Hall–Kier alpha value is -3.55. The van der Waals surface area contributed by atoms with E-state index in [0.717, 1.165) is 6.07 Å². The van der Waals surface area contributed by atoms with Crippen LogP contribution in [-0.4, -0.2) is 31.2 Å². The SMILES string of the molecule is COc1c(-c2ccc3c(c2)OCO3)oc2c(OC)c(O)cc(O)c2c1=O. The average Bonchev–Trinajstić information content (AvgIpc) is 3.09. The zero-order valence-corrected chi connectivity index (χ0v) is 13.9. The molecule has 1 aliphatic rings. The number of ether oxygens (including phenoxy) is 4. The molecule has 3 aromatic rings. The molecule has 2 aromatic carbocycles. The summed E-state index contributed by atoms with van der Waals surface area (Å²) >= 11 is 0. The van der Waals surface area contributed by atoms with Crippen LogP contribution in [0.5, 0.6) is 34.5 Å². The Bertz CT molecular complexity index is 1080. The molecule has 0 atom stereocenters. The summed E-state index contributed by atoms with van der Waals surface area (Å²) in [4.78, 5) is 12.8. The maximum Gasteiger partial charge on any atom is 0.239 e. The number of aromatic hydroxyl groups is 2. The van der Waals surface area contributed by atoms with Gasteiger partial charge in [-0.25, -0.2) is 0 Å². The van der Waals surface area contributed by atoms with E-state index in [1.54, 1.807) is 18.2 Å². The number of methoxy groups -OCH3 is 2. The zero-order valence-electron chi connectivity index (χ0n) is 13.9. The topological polar surface area (TPSA) is 108 Å². The van der Waals surface area contributed by atoms with Crippen LogP contribution in [0.4, 0.5) is 0 Å². The molecular weight excluding hydrogens is 344 g/mol. The fraction of sp³-hybridized carbons (Fsp3) is 0.167.